The van der Waals surface area contributed by atoms with Crippen LogP contribution in [0.15, 0.2) is 0 Å². The van der Waals surface area contributed by atoms with Crippen molar-refractivity contribution in [2.45, 2.75) is 63.5 Å². The number of piperidine rings is 1. The molecule has 100 valence electrons. The summed E-state index contributed by atoms with van der Waals surface area (Å²) < 4.78 is 5.92. The molecule has 2 fully saturated rings. The molecule has 0 aromatic heterocycles. The quantitative estimate of drug-likeness (QED) is 0.697. The highest BCUT2D eigenvalue weighted by Gasteiger charge is 2.14. The van der Waals surface area contributed by atoms with E-state index >= 15 is 0 Å². The zero-order valence-electron chi connectivity index (χ0n) is 11.0. The highest BCUT2D eigenvalue weighted by Crippen LogP contribution is 2.20. The van der Waals surface area contributed by atoms with E-state index in [1.165, 1.54) is 64.5 Å². The molecular weight excluding hydrogens is 212 g/mol. The molecule has 0 radical (unpaired) electrons. The van der Waals surface area contributed by atoms with Crippen LogP contribution in [0.2, 0.25) is 0 Å². The van der Waals surface area contributed by atoms with E-state index in [9.17, 15) is 0 Å². The van der Waals surface area contributed by atoms with Gasteiger partial charge in [0.2, 0.25) is 0 Å². The Morgan fingerprint density at radius 1 is 1.00 bits per heavy atom. The first-order chi connectivity index (χ1) is 8.45. The van der Waals surface area contributed by atoms with E-state index in [2.05, 4.69) is 10.6 Å². The molecule has 3 heteroatoms. The molecule has 17 heavy (non-hydrogen) atoms. The van der Waals surface area contributed by atoms with E-state index in [0.717, 1.165) is 19.2 Å². The van der Waals surface area contributed by atoms with E-state index in [1.807, 2.05) is 0 Å². The molecular formula is C14H28N2O. The lowest BCUT2D eigenvalue weighted by Crippen LogP contribution is -2.40. The Balaban J connectivity index is 1.42. The van der Waals surface area contributed by atoms with Crippen LogP contribution in [0.25, 0.3) is 0 Å². The summed E-state index contributed by atoms with van der Waals surface area (Å²) in [6, 6.07) is 0.742. The SMILES string of the molecule is C1CCC(OCCCNC2CCNCC2)CC1. The smallest absolute Gasteiger partial charge is 0.0575 e. The maximum atomic E-state index is 5.92. The van der Waals surface area contributed by atoms with Gasteiger partial charge in [0.25, 0.3) is 0 Å². The van der Waals surface area contributed by atoms with Crippen molar-refractivity contribution in [2.24, 2.45) is 0 Å². The highest BCUT2D eigenvalue weighted by molar-refractivity contribution is 4.74. The fourth-order valence-electron chi connectivity index (χ4n) is 2.89. The molecule has 1 aliphatic carbocycles. The first-order valence-corrected chi connectivity index (χ1v) is 7.51. The number of nitrogens with one attached hydrogen (secondary N) is 2. The van der Waals surface area contributed by atoms with Crippen LogP contribution in [-0.4, -0.2) is 38.4 Å². The van der Waals surface area contributed by atoms with Crippen molar-refractivity contribution in [3.8, 4) is 0 Å². The third-order valence-corrected chi connectivity index (χ3v) is 4.00. The molecule has 0 spiro atoms. The maximum Gasteiger partial charge on any atom is 0.0575 e. The van der Waals surface area contributed by atoms with Crippen LogP contribution in [0, 0.1) is 0 Å². The van der Waals surface area contributed by atoms with Gasteiger partial charge >= 0.3 is 0 Å². The monoisotopic (exact) mass is 240 g/mol. The number of ether oxygens (including phenoxy) is 1. The number of hydrogen-bond donors (Lipinski definition) is 2. The summed E-state index contributed by atoms with van der Waals surface area (Å²) in [4.78, 5) is 0. The number of rotatable bonds is 6. The molecule has 0 unspecified atom stereocenters. The molecule has 0 bridgehead atoms. The Kier molecular flexibility index (Phi) is 6.32. The van der Waals surface area contributed by atoms with E-state index in [1.54, 1.807) is 0 Å². The second-order valence-corrected chi connectivity index (χ2v) is 5.46. The molecule has 0 atom stereocenters. The minimum Gasteiger partial charge on any atom is -0.378 e. The minimum atomic E-state index is 0.572. The normalized spacial score (nSPS) is 24.0. The standard InChI is InChI=1S/C14H28N2O/c1-2-5-14(6-3-1)17-12-4-9-16-13-7-10-15-11-8-13/h13-16H,1-12H2. The number of hydrogen-bond acceptors (Lipinski definition) is 3. The lowest BCUT2D eigenvalue weighted by atomic mass is 9.98. The molecule has 1 aliphatic heterocycles. The fourth-order valence-corrected chi connectivity index (χ4v) is 2.89. The molecule has 0 aromatic carbocycles. The van der Waals surface area contributed by atoms with E-state index < -0.39 is 0 Å². The van der Waals surface area contributed by atoms with Crippen LogP contribution in [-0.2, 0) is 4.74 Å². The fraction of sp³-hybridized carbons (Fsp3) is 1.00. The average Bonchev–Trinajstić information content (AvgIpc) is 2.41. The molecule has 0 amide bonds. The van der Waals surface area contributed by atoms with Gasteiger partial charge in [0, 0.05) is 12.6 Å². The molecule has 1 saturated carbocycles. The van der Waals surface area contributed by atoms with E-state index in [0.29, 0.717) is 6.10 Å². The third-order valence-electron chi connectivity index (χ3n) is 4.00. The molecule has 2 N–H and O–H groups in total. The summed E-state index contributed by atoms with van der Waals surface area (Å²) in [6.45, 7) is 4.42. The van der Waals surface area contributed by atoms with Crippen molar-refractivity contribution in [2.75, 3.05) is 26.2 Å². The summed E-state index contributed by atoms with van der Waals surface area (Å²) in [7, 11) is 0. The van der Waals surface area contributed by atoms with Crippen LogP contribution in [0.3, 0.4) is 0 Å². The van der Waals surface area contributed by atoms with E-state index in [4.69, 9.17) is 4.74 Å². The Morgan fingerprint density at radius 2 is 1.76 bits per heavy atom. The Labute approximate surface area is 106 Å². The second kappa shape index (κ2) is 8.06. The van der Waals surface area contributed by atoms with Gasteiger partial charge < -0.3 is 15.4 Å². The second-order valence-electron chi connectivity index (χ2n) is 5.46. The summed E-state index contributed by atoms with van der Waals surface area (Å²) in [5.74, 6) is 0. The molecule has 1 heterocycles. The molecule has 1 saturated heterocycles. The van der Waals surface area contributed by atoms with Crippen molar-refractivity contribution >= 4 is 0 Å². The van der Waals surface area contributed by atoms with Crippen LogP contribution < -0.4 is 10.6 Å². The van der Waals surface area contributed by atoms with Crippen LogP contribution >= 0.6 is 0 Å². The maximum absolute atomic E-state index is 5.92. The summed E-state index contributed by atoms with van der Waals surface area (Å²) in [6.07, 6.45) is 11.0. The molecule has 2 rings (SSSR count). The zero-order chi connectivity index (χ0) is 11.8. The first kappa shape index (κ1) is 13.3. The Hall–Kier alpha value is -0.120. The van der Waals surface area contributed by atoms with Crippen molar-refractivity contribution in [1.29, 1.82) is 0 Å². The van der Waals surface area contributed by atoms with Crippen molar-refractivity contribution in [3.63, 3.8) is 0 Å². The highest BCUT2D eigenvalue weighted by atomic mass is 16.5. The van der Waals surface area contributed by atoms with Gasteiger partial charge in [-0.2, -0.15) is 0 Å². The predicted octanol–water partition coefficient (Wildman–Crippen LogP) is 2.07. The third kappa shape index (κ3) is 5.36. The summed E-state index contributed by atoms with van der Waals surface area (Å²) in [5, 5.41) is 7.03. The topological polar surface area (TPSA) is 33.3 Å². The molecule has 3 nitrogen and oxygen atoms in total. The van der Waals surface area contributed by atoms with Gasteiger partial charge in [0.1, 0.15) is 0 Å². The van der Waals surface area contributed by atoms with Crippen molar-refractivity contribution in [1.82, 2.24) is 10.6 Å². The van der Waals surface area contributed by atoms with Gasteiger partial charge in [-0.05, 0) is 51.7 Å². The van der Waals surface area contributed by atoms with Gasteiger partial charge in [-0.3, -0.25) is 0 Å². The average molecular weight is 240 g/mol. The summed E-state index contributed by atoms with van der Waals surface area (Å²) in [5.41, 5.74) is 0. The lowest BCUT2D eigenvalue weighted by Gasteiger charge is -2.24. The molecule has 2 aliphatic rings. The van der Waals surface area contributed by atoms with Gasteiger partial charge in [-0.1, -0.05) is 19.3 Å². The van der Waals surface area contributed by atoms with E-state index in [-0.39, 0.29) is 0 Å². The van der Waals surface area contributed by atoms with Crippen molar-refractivity contribution in [3.05, 3.63) is 0 Å². The van der Waals surface area contributed by atoms with Gasteiger partial charge in [-0.25, -0.2) is 0 Å². The minimum absolute atomic E-state index is 0.572. The van der Waals surface area contributed by atoms with Crippen LogP contribution in [0.5, 0.6) is 0 Å². The first-order valence-electron chi connectivity index (χ1n) is 7.51. The lowest BCUT2D eigenvalue weighted by molar-refractivity contribution is 0.0270. The molecule has 0 aromatic rings. The Morgan fingerprint density at radius 3 is 2.53 bits per heavy atom. The Bertz CT molecular complexity index is 167. The summed E-state index contributed by atoms with van der Waals surface area (Å²) >= 11 is 0. The predicted molar refractivity (Wildman–Crippen MR) is 71.3 cm³/mol. The largest absolute Gasteiger partial charge is 0.378 e. The van der Waals surface area contributed by atoms with Gasteiger partial charge in [-0.15, -0.1) is 0 Å². The van der Waals surface area contributed by atoms with Crippen molar-refractivity contribution < 1.29 is 4.74 Å². The van der Waals surface area contributed by atoms with Crippen LogP contribution in [0.4, 0.5) is 0 Å². The zero-order valence-corrected chi connectivity index (χ0v) is 11.0. The van der Waals surface area contributed by atoms with Gasteiger partial charge in [0.15, 0.2) is 0 Å². The van der Waals surface area contributed by atoms with Gasteiger partial charge in [0.05, 0.1) is 6.10 Å². The van der Waals surface area contributed by atoms with Crippen LogP contribution in [0.1, 0.15) is 51.4 Å².